The average molecular weight is 227 g/mol. The molecule has 3 N–H and O–H groups in total. The first-order chi connectivity index (χ1) is 7.08. The van der Waals surface area contributed by atoms with E-state index in [0.717, 1.165) is 24.6 Å². The second kappa shape index (κ2) is 3.79. The topological polar surface area (TPSA) is 79.5 Å². The maximum atomic E-state index is 10.8. The Labute approximate surface area is 91.5 Å². The molecule has 0 radical (unpaired) electrons. The molecule has 0 aliphatic carbocycles. The van der Waals surface area contributed by atoms with Crippen molar-refractivity contribution in [3.8, 4) is 0 Å². The van der Waals surface area contributed by atoms with E-state index in [2.05, 4.69) is 9.88 Å². The molecule has 6 heteroatoms. The molecule has 2 heterocycles. The summed E-state index contributed by atoms with van der Waals surface area (Å²) in [5, 5.41) is 9.68. The zero-order valence-electron chi connectivity index (χ0n) is 8.43. The molecule has 1 aromatic rings. The van der Waals surface area contributed by atoms with Crippen molar-refractivity contribution in [1.29, 1.82) is 0 Å². The maximum Gasteiger partial charge on any atom is 0.347 e. The van der Waals surface area contributed by atoms with E-state index in [-0.39, 0.29) is 6.04 Å². The van der Waals surface area contributed by atoms with Crippen molar-refractivity contribution in [2.45, 2.75) is 19.4 Å². The van der Waals surface area contributed by atoms with Crippen LogP contribution in [0.4, 0.5) is 5.13 Å². The van der Waals surface area contributed by atoms with Gasteiger partial charge < -0.3 is 15.7 Å². The number of nitrogens with two attached hydrogens (primary N) is 1. The summed E-state index contributed by atoms with van der Waals surface area (Å²) in [6.07, 6.45) is 0.945. The Morgan fingerprint density at radius 2 is 2.47 bits per heavy atom. The summed E-state index contributed by atoms with van der Waals surface area (Å²) >= 11 is 1.23. The molecule has 0 aromatic carbocycles. The molecule has 0 unspecified atom stereocenters. The van der Waals surface area contributed by atoms with Crippen molar-refractivity contribution in [3.05, 3.63) is 10.6 Å². The zero-order valence-corrected chi connectivity index (χ0v) is 9.25. The third-order valence-corrected chi connectivity index (χ3v) is 3.68. The largest absolute Gasteiger partial charge is 0.477 e. The van der Waals surface area contributed by atoms with Gasteiger partial charge in [0.25, 0.3) is 0 Å². The van der Waals surface area contributed by atoms with Crippen LogP contribution in [-0.2, 0) is 0 Å². The highest BCUT2D eigenvalue weighted by Crippen LogP contribution is 2.28. The third kappa shape index (κ3) is 1.95. The molecule has 1 aliphatic rings. The Bertz CT molecular complexity index is 391. The molecule has 0 saturated carbocycles. The van der Waals surface area contributed by atoms with Gasteiger partial charge in [-0.3, -0.25) is 0 Å². The van der Waals surface area contributed by atoms with Crippen LogP contribution in [-0.4, -0.2) is 35.2 Å². The fourth-order valence-electron chi connectivity index (χ4n) is 1.68. The number of carboxylic acids is 1. The van der Waals surface area contributed by atoms with Gasteiger partial charge in [-0.2, -0.15) is 0 Å². The summed E-state index contributed by atoms with van der Waals surface area (Å²) in [5.74, 6) is -0.903. The van der Waals surface area contributed by atoms with E-state index in [1.165, 1.54) is 11.3 Å². The van der Waals surface area contributed by atoms with Gasteiger partial charge in [-0.25, -0.2) is 9.78 Å². The molecule has 1 saturated heterocycles. The van der Waals surface area contributed by atoms with Gasteiger partial charge in [0.1, 0.15) is 4.88 Å². The summed E-state index contributed by atoms with van der Waals surface area (Å²) in [6, 6.07) is 0.183. The van der Waals surface area contributed by atoms with Crippen LogP contribution in [0.5, 0.6) is 0 Å². The van der Waals surface area contributed by atoms with Crippen LogP contribution in [0, 0.1) is 6.92 Å². The molecular formula is C9H13N3O2S. The van der Waals surface area contributed by atoms with E-state index in [9.17, 15) is 4.79 Å². The molecular weight excluding hydrogens is 214 g/mol. The predicted octanol–water partition coefficient (Wildman–Crippen LogP) is 0.687. The predicted molar refractivity (Wildman–Crippen MR) is 58.6 cm³/mol. The molecule has 1 aromatic heterocycles. The van der Waals surface area contributed by atoms with Crippen molar-refractivity contribution in [2.24, 2.45) is 5.73 Å². The Morgan fingerprint density at radius 3 is 2.93 bits per heavy atom. The first-order valence-corrected chi connectivity index (χ1v) is 5.61. The van der Waals surface area contributed by atoms with Crippen molar-refractivity contribution < 1.29 is 9.90 Å². The van der Waals surface area contributed by atoms with Gasteiger partial charge in [0.2, 0.25) is 0 Å². The second-order valence-corrected chi connectivity index (χ2v) is 4.69. The maximum absolute atomic E-state index is 10.8. The van der Waals surface area contributed by atoms with E-state index in [4.69, 9.17) is 10.8 Å². The van der Waals surface area contributed by atoms with Crippen LogP contribution in [0.15, 0.2) is 0 Å². The Balaban J connectivity index is 2.23. The van der Waals surface area contributed by atoms with Crippen LogP contribution in [0.3, 0.4) is 0 Å². The first-order valence-electron chi connectivity index (χ1n) is 4.79. The Morgan fingerprint density at radius 1 is 1.73 bits per heavy atom. The van der Waals surface area contributed by atoms with Crippen molar-refractivity contribution >= 4 is 22.4 Å². The van der Waals surface area contributed by atoms with Crippen molar-refractivity contribution in [3.63, 3.8) is 0 Å². The number of carboxylic acid groups (broad SMARTS) is 1. The summed E-state index contributed by atoms with van der Waals surface area (Å²) in [5.41, 5.74) is 6.37. The number of nitrogens with zero attached hydrogens (tertiary/aromatic N) is 2. The number of hydrogen-bond acceptors (Lipinski definition) is 5. The molecule has 5 nitrogen and oxygen atoms in total. The lowest BCUT2D eigenvalue weighted by Gasteiger charge is -2.12. The number of thiazole rings is 1. The molecule has 2 rings (SSSR count). The molecule has 1 fully saturated rings. The van der Waals surface area contributed by atoms with Gasteiger partial charge in [0.05, 0.1) is 5.69 Å². The lowest BCUT2D eigenvalue weighted by atomic mass is 10.3. The molecule has 0 amide bonds. The average Bonchev–Trinajstić information content (AvgIpc) is 2.71. The number of carbonyl (C=O) groups is 1. The number of aromatic carboxylic acids is 1. The van der Waals surface area contributed by atoms with Crippen LogP contribution in [0.25, 0.3) is 0 Å². The van der Waals surface area contributed by atoms with Gasteiger partial charge in [0.15, 0.2) is 5.13 Å². The highest BCUT2D eigenvalue weighted by Gasteiger charge is 2.24. The first kappa shape index (κ1) is 10.4. The smallest absolute Gasteiger partial charge is 0.347 e. The fraction of sp³-hybridized carbons (Fsp3) is 0.556. The highest BCUT2D eigenvalue weighted by molar-refractivity contribution is 7.17. The minimum Gasteiger partial charge on any atom is -0.477 e. The number of aromatic nitrogens is 1. The van der Waals surface area contributed by atoms with Gasteiger partial charge in [-0.05, 0) is 13.3 Å². The molecule has 0 spiro atoms. The second-order valence-electron chi connectivity index (χ2n) is 3.71. The highest BCUT2D eigenvalue weighted by atomic mass is 32.1. The number of aryl methyl sites for hydroxylation is 1. The van der Waals surface area contributed by atoms with Crippen LogP contribution in [0.2, 0.25) is 0 Å². The monoisotopic (exact) mass is 227 g/mol. The van der Waals surface area contributed by atoms with Crippen LogP contribution >= 0.6 is 11.3 Å². The van der Waals surface area contributed by atoms with E-state index < -0.39 is 5.97 Å². The summed E-state index contributed by atoms with van der Waals surface area (Å²) in [6.45, 7) is 3.36. The number of rotatable bonds is 2. The van der Waals surface area contributed by atoms with E-state index in [1.807, 2.05) is 0 Å². The van der Waals surface area contributed by atoms with Crippen LogP contribution in [0.1, 0.15) is 21.8 Å². The minimum atomic E-state index is -0.903. The SMILES string of the molecule is Cc1nc(N2CC[C@H](N)C2)sc1C(=O)O. The van der Waals surface area contributed by atoms with Gasteiger partial charge >= 0.3 is 5.97 Å². The minimum absolute atomic E-state index is 0.183. The third-order valence-electron chi connectivity index (χ3n) is 2.47. The number of hydrogen-bond donors (Lipinski definition) is 2. The van der Waals surface area contributed by atoms with Gasteiger partial charge in [-0.1, -0.05) is 11.3 Å². The normalized spacial score (nSPS) is 20.9. The molecule has 1 atom stereocenters. The van der Waals surface area contributed by atoms with E-state index >= 15 is 0 Å². The molecule has 15 heavy (non-hydrogen) atoms. The lowest BCUT2D eigenvalue weighted by molar-refractivity contribution is 0.0701. The molecule has 82 valence electrons. The summed E-state index contributed by atoms with van der Waals surface area (Å²) in [4.78, 5) is 17.5. The van der Waals surface area contributed by atoms with Crippen molar-refractivity contribution in [2.75, 3.05) is 18.0 Å². The quantitative estimate of drug-likeness (QED) is 0.777. The van der Waals surface area contributed by atoms with E-state index in [1.54, 1.807) is 6.92 Å². The molecule has 1 aliphatic heterocycles. The van der Waals surface area contributed by atoms with E-state index in [0.29, 0.717) is 10.6 Å². The van der Waals surface area contributed by atoms with Crippen LogP contribution < -0.4 is 10.6 Å². The lowest BCUT2D eigenvalue weighted by Crippen LogP contribution is -2.26. The van der Waals surface area contributed by atoms with Crippen molar-refractivity contribution in [1.82, 2.24) is 4.98 Å². The van der Waals surface area contributed by atoms with Gasteiger partial charge in [-0.15, -0.1) is 0 Å². The Hall–Kier alpha value is -1.14. The zero-order chi connectivity index (χ0) is 11.0. The standard InChI is InChI=1S/C9H13N3O2S/c1-5-7(8(13)14)15-9(11-5)12-3-2-6(10)4-12/h6H,2-4,10H2,1H3,(H,13,14)/t6-/m0/s1. The summed E-state index contributed by atoms with van der Waals surface area (Å²) < 4.78 is 0. The Kier molecular flexibility index (Phi) is 2.62. The number of anilines is 1. The molecule has 0 bridgehead atoms. The summed E-state index contributed by atoms with van der Waals surface area (Å²) in [7, 11) is 0. The van der Waals surface area contributed by atoms with Gasteiger partial charge in [0, 0.05) is 19.1 Å². The fourth-order valence-corrected chi connectivity index (χ4v) is 2.62.